The van der Waals surface area contributed by atoms with Crippen LogP contribution in [0.25, 0.3) is 0 Å². The van der Waals surface area contributed by atoms with Crippen molar-refractivity contribution >= 4 is 17.5 Å². The van der Waals surface area contributed by atoms with Gasteiger partial charge < -0.3 is 0 Å². The monoisotopic (exact) mass is 307 g/mol. The van der Waals surface area contributed by atoms with Crippen LogP contribution in [-0.2, 0) is 9.59 Å². The van der Waals surface area contributed by atoms with Crippen LogP contribution in [0.2, 0.25) is 0 Å². The molecule has 2 amide bonds. The van der Waals surface area contributed by atoms with Gasteiger partial charge in [-0.2, -0.15) is 0 Å². The fraction of sp³-hybridized carbons (Fsp3) is 0.500. The van der Waals surface area contributed by atoms with E-state index in [2.05, 4.69) is 24.3 Å². The maximum atomic E-state index is 13.2. The highest BCUT2D eigenvalue weighted by atomic mass is 16.2. The summed E-state index contributed by atoms with van der Waals surface area (Å²) in [5.41, 5.74) is 4.30. The van der Waals surface area contributed by atoms with Crippen LogP contribution in [-0.4, -0.2) is 11.8 Å². The van der Waals surface area contributed by atoms with Gasteiger partial charge in [-0.25, -0.2) is 4.90 Å². The molecule has 1 saturated heterocycles. The molecule has 3 aliphatic carbocycles. The number of rotatable bonds is 1. The van der Waals surface area contributed by atoms with Gasteiger partial charge in [-0.15, -0.1) is 0 Å². The number of aryl methyl sites for hydroxylation is 3. The molecule has 2 bridgehead atoms. The number of carbonyl (C=O) groups is 2. The zero-order valence-electron chi connectivity index (χ0n) is 13.8. The molecular formula is C20H21NO2. The van der Waals surface area contributed by atoms with Crippen molar-refractivity contribution in [1.82, 2.24) is 0 Å². The van der Waals surface area contributed by atoms with Gasteiger partial charge in [-0.05, 0) is 62.0 Å². The molecule has 3 heteroatoms. The van der Waals surface area contributed by atoms with E-state index in [9.17, 15) is 9.59 Å². The summed E-state index contributed by atoms with van der Waals surface area (Å²) < 4.78 is 0. The molecule has 0 radical (unpaired) electrons. The van der Waals surface area contributed by atoms with Gasteiger partial charge in [0.25, 0.3) is 0 Å². The Morgan fingerprint density at radius 1 is 0.913 bits per heavy atom. The topological polar surface area (TPSA) is 37.4 Å². The summed E-state index contributed by atoms with van der Waals surface area (Å²) >= 11 is 0. The average molecular weight is 307 g/mol. The van der Waals surface area contributed by atoms with Crippen LogP contribution in [0.5, 0.6) is 0 Å². The van der Waals surface area contributed by atoms with Gasteiger partial charge in [0, 0.05) is 0 Å². The molecule has 3 nitrogen and oxygen atoms in total. The summed E-state index contributed by atoms with van der Waals surface area (Å²) in [5, 5.41) is 0. The Morgan fingerprint density at radius 3 is 1.83 bits per heavy atom. The number of amides is 2. The summed E-state index contributed by atoms with van der Waals surface area (Å²) in [4.78, 5) is 27.8. The van der Waals surface area contributed by atoms with Crippen LogP contribution in [0.15, 0.2) is 24.3 Å². The molecule has 4 aliphatic rings. The molecule has 1 aromatic rings. The molecule has 1 aromatic carbocycles. The lowest BCUT2D eigenvalue weighted by atomic mass is 9.85. The molecule has 1 aliphatic heterocycles. The molecule has 4 atom stereocenters. The van der Waals surface area contributed by atoms with Crippen LogP contribution in [0.4, 0.5) is 5.69 Å². The second kappa shape index (κ2) is 3.95. The summed E-state index contributed by atoms with van der Waals surface area (Å²) in [6, 6.07) is 4.12. The quantitative estimate of drug-likeness (QED) is 0.589. The van der Waals surface area contributed by atoms with Gasteiger partial charge in [0.15, 0.2) is 0 Å². The van der Waals surface area contributed by atoms with E-state index in [4.69, 9.17) is 0 Å². The number of carbonyl (C=O) groups excluding carboxylic acids is 2. The largest absolute Gasteiger partial charge is 0.274 e. The van der Waals surface area contributed by atoms with Crippen LogP contribution >= 0.6 is 0 Å². The molecule has 23 heavy (non-hydrogen) atoms. The number of nitrogens with zero attached hydrogens (tertiary/aromatic N) is 1. The molecule has 1 heterocycles. The van der Waals surface area contributed by atoms with E-state index < -0.39 is 0 Å². The first-order chi connectivity index (χ1) is 11.0. The van der Waals surface area contributed by atoms with Crippen molar-refractivity contribution in [2.45, 2.75) is 33.6 Å². The zero-order chi connectivity index (χ0) is 16.1. The van der Waals surface area contributed by atoms with E-state index in [1.807, 2.05) is 20.8 Å². The van der Waals surface area contributed by atoms with Crippen molar-refractivity contribution in [2.75, 3.05) is 4.90 Å². The van der Waals surface area contributed by atoms with Gasteiger partial charge in [-0.3, -0.25) is 9.59 Å². The SMILES string of the molecule is Cc1cc(C)c(N2C(=O)[C@H]3[C@H](C2=O)[C@@H]2C=C[C@H]3C23CC3)c(C)c1. The van der Waals surface area contributed by atoms with E-state index in [1.54, 1.807) is 0 Å². The van der Waals surface area contributed by atoms with Crippen LogP contribution < -0.4 is 4.90 Å². The third kappa shape index (κ3) is 1.42. The highest BCUT2D eigenvalue weighted by Crippen LogP contribution is 2.73. The highest BCUT2D eigenvalue weighted by Gasteiger charge is 2.73. The number of allylic oxidation sites excluding steroid dienone is 2. The summed E-state index contributed by atoms with van der Waals surface area (Å²) in [7, 11) is 0. The van der Waals surface area contributed by atoms with Crippen molar-refractivity contribution in [3.8, 4) is 0 Å². The molecule has 3 fully saturated rings. The lowest BCUT2D eigenvalue weighted by molar-refractivity contribution is -0.123. The highest BCUT2D eigenvalue weighted by molar-refractivity contribution is 6.23. The second-order valence-corrected chi connectivity index (χ2v) is 7.98. The lowest BCUT2D eigenvalue weighted by Crippen LogP contribution is -2.35. The number of hydrogen-bond acceptors (Lipinski definition) is 2. The zero-order valence-corrected chi connectivity index (χ0v) is 13.8. The van der Waals surface area contributed by atoms with Gasteiger partial charge in [0.1, 0.15) is 0 Å². The summed E-state index contributed by atoms with van der Waals surface area (Å²) in [6.45, 7) is 6.05. The molecule has 2 saturated carbocycles. The van der Waals surface area contributed by atoms with Gasteiger partial charge >= 0.3 is 0 Å². The maximum Gasteiger partial charge on any atom is 0.238 e. The third-order valence-corrected chi connectivity index (χ3v) is 6.71. The minimum Gasteiger partial charge on any atom is -0.274 e. The van der Waals surface area contributed by atoms with Gasteiger partial charge in [-0.1, -0.05) is 29.8 Å². The third-order valence-electron chi connectivity index (χ3n) is 6.71. The van der Waals surface area contributed by atoms with Crippen molar-refractivity contribution < 1.29 is 9.59 Å². The number of fused-ring (bicyclic) bond motifs is 3. The lowest BCUT2D eigenvalue weighted by Gasteiger charge is -2.24. The molecule has 118 valence electrons. The predicted octanol–water partition coefficient (Wildman–Crippen LogP) is 3.31. The Bertz CT molecular complexity index is 745. The second-order valence-electron chi connectivity index (χ2n) is 7.98. The standard InChI is InChI=1S/C20H21NO2/c1-10-8-11(2)17(12(3)9-10)21-18(22)15-13-4-5-14(16(15)19(21)23)20(13)6-7-20/h4-5,8-9,13-16H,6-7H2,1-3H3/t13-,14+,15-,16-/m1/s1. The normalized spacial score (nSPS) is 35.5. The Kier molecular flexibility index (Phi) is 2.32. The maximum absolute atomic E-state index is 13.2. The minimum absolute atomic E-state index is 0.0400. The summed E-state index contributed by atoms with van der Waals surface area (Å²) in [5.74, 6) is 0.451. The molecular weight excluding hydrogens is 286 g/mol. The van der Waals surface area contributed by atoms with Crippen LogP contribution in [0.1, 0.15) is 29.5 Å². The van der Waals surface area contributed by atoms with Gasteiger partial charge in [0.2, 0.25) is 11.8 Å². The first-order valence-electron chi connectivity index (χ1n) is 8.60. The van der Waals surface area contributed by atoms with E-state index in [1.165, 1.54) is 23.3 Å². The molecule has 5 rings (SSSR count). The van der Waals surface area contributed by atoms with Crippen LogP contribution in [0, 0.1) is 49.9 Å². The molecule has 0 aromatic heterocycles. The van der Waals surface area contributed by atoms with Crippen molar-refractivity contribution in [3.05, 3.63) is 41.0 Å². The molecule has 1 spiro atoms. The Morgan fingerprint density at radius 2 is 1.39 bits per heavy atom. The van der Waals surface area contributed by atoms with Crippen molar-refractivity contribution in [3.63, 3.8) is 0 Å². The predicted molar refractivity (Wildman–Crippen MR) is 87.9 cm³/mol. The van der Waals surface area contributed by atoms with E-state index in [0.29, 0.717) is 11.8 Å². The van der Waals surface area contributed by atoms with E-state index in [-0.39, 0.29) is 29.1 Å². The molecule has 0 N–H and O–H groups in total. The number of anilines is 1. The van der Waals surface area contributed by atoms with Crippen LogP contribution in [0.3, 0.4) is 0 Å². The molecule has 0 unspecified atom stereocenters. The number of hydrogen-bond donors (Lipinski definition) is 0. The van der Waals surface area contributed by atoms with E-state index >= 15 is 0 Å². The average Bonchev–Trinajstić information content (AvgIpc) is 3.08. The number of imide groups is 1. The minimum atomic E-state index is -0.111. The van der Waals surface area contributed by atoms with Crippen molar-refractivity contribution in [2.24, 2.45) is 29.1 Å². The van der Waals surface area contributed by atoms with E-state index in [0.717, 1.165) is 16.8 Å². The fourth-order valence-electron chi connectivity index (χ4n) is 5.82. The van der Waals surface area contributed by atoms with Crippen molar-refractivity contribution in [1.29, 1.82) is 0 Å². The first-order valence-corrected chi connectivity index (χ1v) is 8.60. The fourth-order valence-corrected chi connectivity index (χ4v) is 5.82. The van der Waals surface area contributed by atoms with Gasteiger partial charge in [0.05, 0.1) is 17.5 Å². The number of benzene rings is 1. The Labute approximate surface area is 136 Å². The Balaban J connectivity index is 1.62. The smallest absolute Gasteiger partial charge is 0.238 e. The first kappa shape index (κ1) is 13.5. The Hall–Kier alpha value is -1.90. The summed E-state index contributed by atoms with van der Waals surface area (Å²) in [6.07, 6.45) is 6.82.